The van der Waals surface area contributed by atoms with Crippen LogP contribution in [-0.2, 0) is 18.9 Å². The summed E-state index contributed by atoms with van der Waals surface area (Å²) in [7, 11) is 0. The SMILES string of the molecule is CCCCC(CC)CCCC(SOO[O-])C(=O)OCC(CC)CCCC.[Na+]. The molecule has 156 valence electrons. The van der Waals surface area contributed by atoms with Crippen molar-refractivity contribution in [2.75, 3.05) is 6.61 Å². The summed E-state index contributed by atoms with van der Waals surface area (Å²) in [6.45, 7) is 9.15. The molecule has 0 aromatic carbocycles. The van der Waals surface area contributed by atoms with E-state index in [9.17, 15) is 10.1 Å². The van der Waals surface area contributed by atoms with Crippen LogP contribution < -0.4 is 34.8 Å². The van der Waals surface area contributed by atoms with Crippen LogP contribution in [0, 0.1) is 11.8 Å². The molecule has 0 aromatic heterocycles. The maximum absolute atomic E-state index is 12.4. The van der Waals surface area contributed by atoms with E-state index in [1.165, 1.54) is 19.3 Å². The number of hydrogen-bond acceptors (Lipinski definition) is 6. The molecule has 0 amide bonds. The summed E-state index contributed by atoms with van der Waals surface area (Å²) in [4.78, 5) is 12.4. The van der Waals surface area contributed by atoms with Crippen molar-refractivity contribution in [3.8, 4) is 0 Å². The molecular weight excluding hydrogens is 375 g/mol. The average molecular weight is 415 g/mol. The van der Waals surface area contributed by atoms with Gasteiger partial charge in [0, 0.05) is 12.0 Å². The van der Waals surface area contributed by atoms with Crippen LogP contribution in [0.25, 0.3) is 0 Å². The zero-order chi connectivity index (χ0) is 19.6. The maximum atomic E-state index is 12.4. The second kappa shape index (κ2) is 21.4. The molecule has 0 radical (unpaired) electrons. The first-order valence-electron chi connectivity index (χ1n) is 10.4. The Morgan fingerprint density at radius 3 is 1.96 bits per heavy atom. The van der Waals surface area contributed by atoms with E-state index >= 15 is 0 Å². The molecule has 27 heavy (non-hydrogen) atoms. The van der Waals surface area contributed by atoms with Crippen LogP contribution in [0.3, 0.4) is 0 Å². The summed E-state index contributed by atoms with van der Waals surface area (Å²) in [5.74, 6) is 0.801. The van der Waals surface area contributed by atoms with Crippen molar-refractivity contribution >= 4 is 18.0 Å². The largest absolute Gasteiger partial charge is 1.00 e. The Labute approximate surface area is 193 Å². The van der Waals surface area contributed by atoms with Crippen molar-refractivity contribution in [2.24, 2.45) is 11.8 Å². The fourth-order valence-corrected chi connectivity index (χ4v) is 3.63. The molecular formula is C20H39NaO5S. The molecule has 0 saturated heterocycles. The molecule has 0 spiro atoms. The smallest absolute Gasteiger partial charge is 0.691 e. The topological polar surface area (TPSA) is 67.8 Å². The first-order valence-corrected chi connectivity index (χ1v) is 11.2. The van der Waals surface area contributed by atoms with Crippen LogP contribution in [0.4, 0.5) is 0 Å². The van der Waals surface area contributed by atoms with Crippen molar-refractivity contribution in [1.29, 1.82) is 0 Å². The third kappa shape index (κ3) is 16.2. The van der Waals surface area contributed by atoms with Gasteiger partial charge in [-0.25, -0.2) is 0 Å². The zero-order valence-corrected chi connectivity index (χ0v) is 21.0. The van der Waals surface area contributed by atoms with E-state index in [0.29, 0.717) is 24.9 Å². The Hall–Kier alpha value is 0.700. The Bertz CT molecular complexity index is 333. The molecule has 0 N–H and O–H groups in total. The molecule has 0 bridgehead atoms. The summed E-state index contributed by atoms with van der Waals surface area (Å²) in [6, 6.07) is 0. The summed E-state index contributed by atoms with van der Waals surface area (Å²) in [5, 5.41) is 13.1. The number of unbranched alkanes of at least 4 members (excludes halogenated alkanes) is 2. The van der Waals surface area contributed by atoms with E-state index in [2.05, 4.69) is 37.1 Å². The molecule has 0 aliphatic carbocycles. The van der Waals surface area contributed by atoms with Gasteiger partial charge < -0.3 is 9.99 Å². The number of carbonyl (C=O) groups excluding carboxylic acids is 1. The number of rotatable bonds is 18. The quantitative estimate of drug-likeness (QED) is 0.113. The third-order valence-electron chi connectivity index (χ3n) is 5.07. The van der Waals surface area contributed by atoms with Crippen molar-refractivity contribution in [1.82, 2.24) is 0 Å². The van der Waals surface area contributed by atoms with Gasteiger partial charge in [-0.15, -0.1) is 0 Å². The number of hydrogen-bond donors (Lipinski definition) is 0. The molecule has 3 atom stereocenters. The Balaban J connectivity index is 0. The minimum absolute atomic E-state index is 0. The standard InChI is InChI=1S/C20H40O5S.Na/c1-5-9-12-17(7-3)14-11-15-19(26-25-24-22)20(21)23-16-18(8-4)13-10-6-2;/h17-19,22H,5-16H2,1-4H3;/q;+1/p-1. The summed E-state index contributed by atoms with van der Waals surface area (Å²) in [6.07, 6.45) is 11.9. The van der Waals surface area contributed by atoms with E-state index in [0.717, 1.165) is 57.0 Å². The van der Waals surface area contributed by atoms with Gasteiger partial charge in [-0.3, -0.25) is 9.83 Å². The van der Waals surface area contributed by atoms with Crippen LogP contribution in [0.1, 0.15) is 98.3 Å². The van der Waals surface area contributed by atoms with Crippen molar-refractivity contribution in [3.63, 3.8) is 0 Å². The fraction of sp³-hybridized carbons (Fsp3) is 0.950. The van der Waals surface area contributed by atoms with E-state index in [1.807, 2.05) is 0 Å². The van der Waals surface area contributed by atoms with Gasteiger partial charge in [0.15, 0.2) is 0 Å². The van der Waals surface area contributed by atoms with Crippen molar-refractivity contribution < 1.29 is 53.7 Å². The van der Waals surface area contributed by atoms with Crippen LogP contribution in [-0.4, -0.2) is 17.8 Å². The monoisotopic (exact) mass is 414 g/mol. The Morgan fingerprint density at radius 1 is 0.889 bits per heavy atom. The van der Waals surface area contributed by atoms with E-state index in [4.69, 9.17) is 4.74 Å². The molecule has 3 unspecified atom stereocenters. The molecule has 0 saturated carbocycles. The number of carbonyl (C=O) groups is 1. The predicted octanol–water partition coefficient (Wildman–Crippen LogP) is 2.38. The number of esters is 1. The van der Waals surface area contributed by atoms with Gasteiger partial charge in [-0.2, -0.15) is 4.33 Å². The molecule has 0 aliphatic heterocycles. The van der Waals surface area contributed by atoms with Crippen molar-refractivity contribution in [2.45, 2.75) is 104 Å². The van der Waals surface area contributed by atoms with Gasteiger partial charge in [0.05, 0.1) is 6.61 Å². The minimum atomic E-state index is -0.503. The summed E-state index contributed by atoms with van der Waals surface area (Å²) >= 11 is 0.775. The average Bonchev–Trinajstić information content (AvgIpc) is 2.66. The molecule has 0 heterocycles. The van der Waals surface area contributed by atoms with Crippen molar-refractivity contribution in [3.05, 3.63) is 0 Å². The summed E-state index contributed by atoms with van der Waals surface area (Å²) in [5.41, 5.74) is 0. The van der Waals surface area contributed by atoms with Gasteiger partial charge in [0.1, 0.15) is 5.25 Å². The first kappa shape index (κ1) is 29.9. The molecule has 7 heteroatoms. The van der Waals surface area contributed by atoms with Crippen LogP contribution in [0.5, 0.6) is 0 Å². The van der Waals surface area contributed by atoms with Gasteiger partial charge in [0.2, 0.25) is 0 Å². The zero-order valence-electron chi connectivity index (χ0n) is 18.2. The fourth-order valence-electron chi connectivity index (χ4n) is 3.10. The summed E-state index contributed by atoms with van der Waals surface area (Å²) < 4.78 is 9.93. The maximum Gasteiger partial charge on any atom is 1.00 e. The van der Waals surface area contributed by atoms with Crippen LogP contribution >= 0.6 is 12.0 Å². The van der Waals surface area contributed by atoms with Gasteiger partial charge in [-0.05, 0) is 24.7 Å². The van der Waals surface area contributed by atoms with E-state index in [1.54, 1.807) is 0 Å². The minimum Gasteiger partial charge on any atom is -0.691 e. The van der Waals surface area contributed by atoms with E-state index < -0.39 is 5.25 Å². The molecule has 5 nitrogen and oxygen atoms in total. The Morgan fingerprint density at radius 2 is 1.44 bits per heavy atom. The predicted molar refractivity (Wildman–Crippen MR) is 105 cm³/mol. The second-order valence-corrected chi connectivity index (χ2v) is 8.01. The van der Waals surface area contributed by atoms with Crippen LogP contribution in [0.15, 0.2) is 0 Å². The van der Waals surface area contributed by atoms with Gasteiger partial charge in [-0.1, -0.05) is 85.5 Å². The molecule has 0 rings (SSSR count). The molecule has 0 fully saturated rings. The third-order valence-corrected chi connectivity index (χ3v) is 5.87. The Kier molecular flexibility index (Phi) is 23.7. The normalized spacial score (nSPS) is 14.3. The second-order valence-electron chi connectivity index (χ2n) is 7.11. The van der Waals surface area contributed by atoms with Gasteiger partial charge >= 0.3 is 35.5 Å². The molecule has 0 aromatic rings. The first-order chi connectivity index (χ1) is 12.6. The van der Waals surface area contributed by atoms with Crippen LogP contribution in [0.2, 0.25) is 0 Å². The van der Waals surface area contributed by atoms with E-state index in [-0.39, 0.29) is 35.5 Å². The van der Waals surface area contributed by atoms with Gasteiger partial charge in [0.25, 0.3) is 0 Å². The number of ether oxygens (including phenoxy) is 1. The molecule has 0 aliphatic rings.